The van der Waals surface area contributed by atoms with Crippen molar-refractivity contribution in [2.24, 2.45) is 17.8 Å². The Kier molecular flexibility index (Phi) is 9.98. The van der Waals surface area contributed by atoms with Crippen molar-refractivity contribution in [3.63, 3.8) is 0 Å². The lowest BCUT2D eigenvalue weighted by Crippen LogP contribution is -2.53. The topological polar surface area (TPSA) is 134 Å². The molecule has 1 aromatic carbocycles. The predicted octanol–water partition coefficient (Wildman–Crippen LogP) is 3.29. The van der Waals surface area contributed by atoms with E-state index in [1.807, 2.05) is 38.1 Å². The second-order valence-electron chi connectivity index (χ2n) is 10.2. The van der Waals surface area contributed by atoms with Crippen LogP contribution in [0.2, 0.25) is 5.02 Å². The van der Waals surface area contributed by atoms with Crippen LogP contribution in [0.1, 0.15) is 57.9 Å². The van der Waals surface area contributed by atoms with Gasteiger partial charge in [0.2, 0.25) is 11.8 Å². The molecule has 198 valence electrons. The number of hydrogen-bond acceptors (Lipinski definition) is 5. The standard InChI is InChI=1S/C26H36ClN3O6/c1-15(2)11-20(24(32)29-21(25(33)34)14-18-9-10-28-23(18)31)30-26(35)36-22-8-4-6-17(22)12-16-5-3-7-19(27)13-16/h3,5,7,13,15,17-18,20-22H,4,6,8-12,14H2,1-2H3,(H,28,31)(H,29,32)(H,30,35)(H,33,34)/t17?,18-,20?,21?,22?/m0/s1. The molecule has 3 amide bonds. The van der Waals surface area contributed by atoms with Crippen molar-refractivity contribution in [2.75, 3.05) is 6.54 Å². The number of aliphatic carboxylic acids is 1. The van der Waals surface area contributed by atoms with Crippen LogP contribution >= 0.6 is 11.6 Å². The molecule has 5 atom stereocenters. The summed E-state index contributed by atoms with van der Waals surface area (Å²) in [5, 5.41) is 18.1. The van der Waals surface area contributed by atoms with E-state index in [-0.39, 0.29) is 30.3 Å². The van der Waals surface area contributed by atoms with Gasteiger partial charge in [-0.15, -0.1) is 0 Å². The maximum atomic E-state index is 13.0. The number of hydrogen-bond donors (Lipinski definition) is 4. The summed E-state index contributed by atoms with van der Waals surface area (Å²) in [6.45, 7) is 4.30. The summed E-state index contributed by atoms with van der Waals surface area (Å²) in [6, 6.07) is 5.44. The smallest absolute Gasteiger partial charge is 0.408 e. The molecule has 1 aliphatic heterocycles. The molecule has 9 nitrogen and oxygen atoms in total. The molecule has 0 aromatic heterocycles. The van der Waals surface area contributed by atoms with Gasteiger partial charge >= 0.3 is 12.1 Å². The SMILES string of the molecule is CC(C)CC(NC(=O)OC1CCCC1Cc1cccc(Cl)c1)C(=O)NC(C[C@@H]1CCNC1=O)C(=O)O. The number of benzene rings is 1. The van der Waals surface area contributed by atoms with E-state index in [1.54, 1.807) is 0 Å². The molecule has 1 saturated carbocycles. The van der Waals surface area contributed by atoms with E-state index in [1.165, 1.54) is 0 Å². The van der Waals surface area contributed by atoms with Gasteiger partial charge in [0.25, 0.3) is 0 Å². The van der Waals surface area contributed by atoms with Gasteiger partial charge in [-0.1, -0.05) is 37.6 Å². The van der Waals surface area contributed by atoms with Crippen molar-refractivity contribution < 1.29 is 29.0 Å². The van der Waals surface area contributed by atoms with Gasteiger partial charge in [-0.3, -0.25) is 9.59 Å². The third-order valence-electron chi connectivity index (χ3n) is 6.85. The second kappa shape index (κ2) is 12.9. The fourth-order valence-electron chi connectivity index (χ4n) is 5.02. The number of amides is 3. The van der Waals surface area contributed by atoms with E-state index in [4.69, 9.17) is 16.3 Å². The average molecular weight is 522 g/mol. The lowest BCUT2D eigenvalue weighted by molar-refractivity contribution is -0.143. The molecule has 10 heteroatoms. The van der Waals surface area contributed by atoms with Crippen LogP contribution in [0.5, 0.6) is 0 Å². The highest BCUT2D eigenvalue weighted by Gasteiger charge is 2.35. The van der Waals surface area contributed by atoms with Crippen LogP contribution in [0.15, 0.2) is 24.3 Å². The molecule has 1 aliphatic carbocycles. The van der Waals surface area contributed by atoms with Crippen molar-refractivity contribution >= 4 is 35.5 Å². The second-order valence-corrected chi connectivity index (χ2v) is 10.6. The minimum Gasteiger partial charge on any atom is -0.480 e. The number of halogens is 1. The van der Waals surface area contributed by atoms with Crippen LogP contribution in [0.4, 0.5) is 4.79 Å². The summed E-state index contributed by atoms with van der Waals surface area (Å²) in [5.74, 6) is -2.28. The van der Waals surface area contributed by atoms with Crippen molar-refractivity contribution in [3.05, 3.63) is 34.9 Å². The van der Waals surface area contributed by atoms with Crippen LogP contribution in [0, 0.1) is 17.8 Å². The summed E-state index contributed by atoms with van der Waals surface area (Å²) >= 11 is 6.10. The third-order valence-corrected chi connectivity index (χ3v) is 7.08. The number of carboxylic acids is 1. The summed E-state index contributed by atoms with van der Waals surface area (Å²) in [4.78, 5) is 49.4. The van der Waals surface area contributed by atoms with Gasteiger partial charge in [0, 0.05) is 23.4 Å². The zero-order valence-electron chi connectivity index (χ0n) is 20.8. The van der Waals surface area contributed by atoms with Gasteiger partial charge in [0.15, 0.2) is 0 Å². The van der Waals surface area contributed by atoms with Crippen LogP contribution in [0.3, 0.4) is 0 Å². The first kappa shape index (κ1) is 27.8. The van der Waals surface area contributed by atoms with Crippen molar-refractivity contribution in [2.45, 2.75) is 77.0 Å². The molecule has 0 bridgehead atoms. The van der Waals surface area contributed by atoms with Crippen molar-refractivity contribution in [1.29, 1.82) is 0 Å². The van der Waals surface area contributed by atoms with E-state index >= 15 is 0 Å². The fraction of sp³-hybridized carbons (Fsp3) is 0.615. The number of alkyl carbamates (subject to hydrolysis) is 1. The van der Waals surface area contributed by atoms with E-state index in [2.05, 4.69) is 16.0 Å². The van der Waals surface area contributed by atoms with E-state index in [0.29, 0.717) is 24.4 Å². The minimum atomic E-state index is -1.23. The summed E-state index contributed by atoms with van der Waals surface area (Å²) in [7, 11) is 0. The molecule has 4 N–H and O–H groups in total. The first-order valence-electron chi connectivity index (χ1n) is 12.6. The lowest BCUT2D eigenvalue weighted by atomic mass is 9.96. The molecular formula is C26H36ClN3O6. The Morgan fingerprint density at radius 1 is 1.17 bits per heavy atom. The largest absolute Gasteiger partial charge is 0.480 e. The summed E-state index contributed by atoms with van der Waals surface area (Å²) < 4.78 is 5.73. The Balaban J connectivity index is 1.59. The van der Waals surface area contributed by atoms with Gasteiger partial charge in [-0.2, -0.15) is 0 Å². The summed E-state index contributed by atoms with van der Waals surface area (Å²) in [6.07, 6.45) is 3.21. The van der Waals surface area contributed by atoms with E-state index in [9.17, 15) is 24.3 Å². The molecule has 1 aromatic rings. The van der Waals surface area contributed by atoms with Crippen LogP contribution in [-0.4, -0.2) is 53.7 Å². The number of carbonyl (C=O) groups excluding carboxylic acids is 3. The average Bonchev–Trinajstić information content (AvgIpc) is 3.40. The molecule has 1 saturated heterocycles. The number of nitrogens with one attached hydrogen (secondary N) is 3. The molecule has 1 heterocycles. The predicted molar refractivity (Wildman–Crippen MR) is 134 cm³/mol. The van der Waals surface area contributed by atoms with Gasteiger partial charge in [-0.05, 0) is 68.6 Å². The number of carboxylic acid groups (broad SMARTS) is 1. The normalized spacial score (nSPS) is 23.1. The molecule has 0 radical (unpaired) electrons. The van der Waals surface area contributed by atoms with Gasteiger partial charge in [0.05, 0.1) is 0 Å². The van der Waals surface area contributed by atoms with Crippen molar-refractivity contribution in [3.8, 4) is 0 Å². The first-order chi connectivity index (χ1) is 17.1. The Bertz CT molecular complexity index is 955. The lowest BCUT2D eigenvalue weighted by Gasteiger charge is -2.25. The van der Waals surface area contributed by atoms with Gasteiger partial charge in [0.1, 0.15) is 18.2 Å². The molecule has 4 unspecified atom stereocenters. The molecule has 0 spiro atoms. The van der Waals surface area contributed by atoms with E-state index in [0.717, 1.165) is 31.2 Å². The Labute approximate surface area is 216 Å². The molecule has 2 aliphatic rings. The highest BCUT2D eigenvalue weighted by atomic mass is 35.5. The van der Waals surface area contributed by atoms with Crippen LogP contribution < -0.4 is 16.0 Å². The minimum absolute atomic E-state index is 0.000984. The number of ether oxygens (including phenoxy) is 1. The van der Waals surface area contributed by atoms with E-state index < -0.39 is 36.0 Å². The van der Waals surface area contributed by atoms with Gasteiger partial charge < -0.3 is 25.8 Å². The molecular weight excluding hydrogens is 486 g/mol. The first-order valence-corrected chi connectivity index (χ1v) is 13.0. The number of carbonyl (C=O) groups is 4. The van der Waals surface area contributed by atoms with Crippen molar-refractivity contribution in [1.82, 2.24) is 16.0 Å². The third kappa shape index (κ3) is 8.11. The highest BCUT2D eigenvalue weighted by Crippen LogP contribution is 2.32. The molecule has 36 heavy (non-hydrogen) atoms. The quantitative estimate of drug-likeness (QED) is 0.353. The zero-order chi connectivity index (χ0) is 26.2. The molecule has 3 rings (SSSR count). The van der Waals surface area contributed by atoms with Gasteiger partial charge in [-0.25, -0.2) is 9.59 Å². The maximum Gasteiger partial charge on any atom is 0.408 e. The monoisotopic (exact) mass is 521 g/mol. The molecule has 2 fully saturated rings. The summed E-state index contributed by atoms with van der Waals surface area (Å²) in [5.41, 5.74) is 1.08. The fourth-order valence-corrected chi connectivity index (χ4v) is 5.24. The Morgan fingerprint density at radius 3 is 2.58 bits per heavy atom. The Hall–Kier alpha value is -2.81. The Morgan fingerprint density at radius 2 is 1.94 bits per heavy atom. The number of rotatable bonds is 11. The zero-order valence-corrected chi connectivity index (χ0v) is 21.6. The highest BCUT2D eigenvalue weighted by molar-refractivity contribution is 6.30. The van der Waals surface area contributed by atoms with Crippen LogP contribution in [-0.2, 0) is 25.5 Å². The van der Waals surface area contributed by atoms with Crippen LogP contribution in [0.25, 0.3) is 0 Å². The maximum absolute atomic E-state index is 13.0.